The largest absolute Gasteiger partial charge is 0.342 e. The van der Waals surface area contributed by atoms with Crippen LogP contribution in [0.2, 0.25) is 0 Å². The van der Waals surface area contributed by atoms with Crippen molar-refractivity contribution in [3.63, 3.8) is 0 Å². The highest BCUT2D eigenvalue weighted by atomic mass is 16.2. The van der Waals surface area contributed by atoms with Crippen molar-refractivity contribution < 1.29 is 14.4 Å². The van der Waals surface area contributed by atoms with Gasteiger partial charge < -0.3 is 15.1 Å². The van der Waals surface area contributed by atoms with Crippen LogP contribution >= 0.6 is 0 Å². The van der Waals surface area contributed by atoms with Gasteiger partial charge in [0.05, 0.1) is 5.92 Å². The normalized spacial score (nSPS) is 19.5. The van der Waals surface area contributed by atoms with Crippen molar-refractivity contribution in [3.05, 3.63) is 59.7 Å². The lowest BCUT2D eigenvalue weighted by molar-refractivity contribution is -0.137. The second-order valence-corrected chi connectivity index (χ2v) is 8.79. The molecule has 3 amide bonds. The second kappa shape index (κ2) is 8.92. The molecule has 6 heteroatoms. The molecule has 4 rings (SSSR count). The van der Waals surface area contributed by atoms with Gasteiger partial charge in [0, 0.05) is 43.0 Å². The van der Waals surface area contributed by atoms with Crippen molar-refractivity contribution in [1.82, 2.24) is 4.90 Å². The fourth-order valence-corrected chi connectivity index (χ4v) is 4.35. The van der Waals surface area contributed by atoms with Crippen LogP contribution in [0.15, 0.2) is 48.5 Å². The van der Waals surface area contributed by atoms with Crippen LogP contribution in [-0.2, 0) is 9.59 Å². The summed E-state index contributed by atoms with van der Waals surface area (Å²) in [5.74, 6) is 0.121. The molecule has 2 saturated heterocycles. The van der Waals surface area contributed by atoms with Crippen molar-refractivity contribution in [2.75, 3.05) is 29.9 Å². The number of piperidine rings is 1. The van der Waals surface area contributed by atoms with Gasteiger partial charge in [0.1, 0.15) is 0 Å². The van der Waals surface area contributed by atoms with E-state index in [9.17, 15) is 14.4 Å². The average molecular weight is 420 g/mol. The molecule has 1 unspecified atom stereocenters. The third-order valence-electron chi connectivity index (χ3n) is 6.27. The van der Waals surface area contributed by atoms with Gasteiger partial charge in [0.15, 0.2) is 0 Å². The van der Waals surface area contributed by atoms with Crippen LogP contribution in [-0.4, -0.2) is 42.3 Å². The molecular formula is C25H29N3O3. The van der Waals surface area contributed by atoms with Gasteiger partial charge in [-0.2, -0.15) is 0 Å². The van der Waals surface area contributed by atoms with Crippen LogP contribution in [0.25, 0.3) is 0 Å². The molecule has 0 aliphatic carbocycles. The quantitative estimate of drug-likeness (QED) is 0.818. The Balaban J connectivity index is 1.44. The van der Waals surface area contributed by atoms with E-state index in [1.165, 1.54) is 0 Å². The van der Waals surface area contributed by atoms with E-state index in [1.807, 2.05) is 42.2 Å². The molecule has 0 saturated carbocycles. The number of benzene rings is 2. The minimum absolute atomic E-state index is 0.0695. The number of carbonyl (C=O) groups excluding carboxylic acids is 3. The molecule has 31 heavy (non-hydrogen) atoms. The summed E-state index contributed by atoms with van der Waals surface area (Å²) < 4.78 is 0. The van der Waals surface area contributed by atoms with Gasteiger partial charge in [-0.3, -0.25) is 14.4 Å². The van der Waals surface area contributed by atoms with Crippen LogP contribution in [0, 0.1) is 18.8 Å². The third-order valence-corrected chi connectivity index (χ3v) is 6.27. The van der Waals surface area contributed by atoms with Gasteiger partial charge in [-0.1, -0.05) is 25.1 Å². The van der Waals surface area contributed by atoms with Crippen molar-refractivity contribution >= 4 is 29.1 Å². The molecule has 1 atom stereocenters. The zero-order valence-corrected chi connectivity index (χ0v) is 18.1. The number of carbonyl (C=O) groups is 3. The summed E-state index contributed by atoms with van der Waals surface area (Å²) in [5, 5.41) is 2.90. The van der Waals surface area contributed by atoms with E-state index in [4.69, 9.17) is 0 Å². The molecule has 0 bridgehead atoms. The van der Waals surface area contributed by atoms with Gasteiger partial charge >= 0.3 is 0 Å². The number of amides is 3. The Morgan fingerprint density at radius 2 is 1.77 bits per heavy atom. The first-order valence-electron chi connectivity index (χ1n) is 11.0. The first-order valence-corrected chi connectivity index (χ1v) is 11.0. The predicted octanol–water partition coefficient (Wildman–Crippen LogP) is 3.86. The standard InChI is InChI=1S/C25H29N3O3/c1-17-9-11-27(12-10-17)25(31)20-15-23(29)28(16-20)22-8-4-6-19(14-22)24(30)26-21-7-3-5-18(2)13-21/h3-8,13-14,17,20H,9-12,15-16H2,1-2H3,(H,26,30). The zero-order chi connectivity index (χ0) is 22.0. The number of aryl methyl sites for hydroxylation is 1. The van der Waals surface area contributed by atoms with Crippen molar-refractivity contribution in [3.8, 4) is 0 Å². The maximum absolute atomic E-state index is 12.9. The van der Waals surface area contributed by atoms with E-state index in [0.29, 0.717) is 23.7 Å². The van der Waals surface area contributed by atoms with E-state index in [1.54, 1.807) is 23.1 Å². The molecule has 6 nitrogen and oxygen atoms in total. The van der Waals surface area contributed by atoms with Crippen molar-refractivity contribution in [2.24, 2.45) is 11.8 Å². The van der Waals surface area contributed by atoms with Gasteiger partial charge in [-0.15, -0.1) is 0 Å². The summed E-state index contributed by atoms with van der Waals surface area (Å²) in [6.07, 6.45) is 2.27. The van der Waals surface area contributed by atoms with Crippen molar-refractivity contribution in [1.29, 1.82) is 0 Å². The first-order chi connectivity index (χ1) is 14.9. The van der Waals surface area contributed by atoms with Crippen LogP contribution < -0.4 is 10.2 Å². The fourth-order valence-electron chi connectivity index (χ4n) is 4.35. The van der Waals surface area contributed by atoms with Gasteiger partial charge in [-0.05, 0) is 61.6 Å². The molecule has 162 valence electrons. The Morgan fingerprint density at radius 1 is 1.03 bits per heavy atom. The summed E-state index contributed by atoms with van der Waals surface area (Å²) >= 11 is 0. The topological polar surface area (TPSA) is 69.7 Å². The Labute approximate surface area is 183 Å². The monoisotopic (exact) mass is 419 g/mol. The molecule has 1 N–H and O–H groups in total. The number of hydrogen-bond acceptors (Lipinski definition) is 3. The molecule has 2 aromatic rings. The van der Waals surface area contributed by atoms with Crippen molar-refractivity contribution in [2.45, 2.75) is 33.1 Å². The van der Waals surface area contributed by atoms with Gasteiger partial charge in [0.2, 0.25) is 11.8 Å². The zero-order valence-electron chi connectivity index (χ0n) is 18.1. The Hall–Kier alpha value is -3.15. The third kappa shape index (κ3) is 4.79. The van der Waals surface area contributed by atoms with E-state index in [-0.39, 0.29) is 30.1 Å². The summed E-state index contributed by atoms with van der Waals surface area (Å²) in [4.78, 5) is 41.9. The van der Waals surface area contributed by atoms with E-state index in [2.05, 4.69) is 12.2 Å². The lowest BCUT2D eigenvalue weighted by Gasteiger charge is -2.32. The Bertz CT molecular complexity index is 995. The van der Waals surface area contributed by atoms with E-state index < -0.39 is 0 Å². The Morgan fingerprint density at radius 3 is 2.52 bits per heavy atom. The van der Waals surface area contributed by atoms with Crippen LogP contribution in [0.1, 0.15) is 42.1 Å². The maximum Gasteiger partial charge on any atom is 0.255 e. The van der Waals surface area contributed by atoms with Crippen LogP contribution in [0.4, 0.5) is 11.4 Å². The number of nitrogens with zero attached hydrogens (tertiary/aromatic N) is 2. The summed E-state index contributed by atoms with van der Waals surface area (Å²) in [6, 6.07) is 14.7. The maximum atomic E-state index is 12.9. The van der Waals surface area contributed by atoms with E-state index in [0.717, 1.165) is 37.2 Å². The molecule has 2 aromatic carbocycles. The summed E-state index contributed by atoms with van der Waals surface area (Å²) in [7, 11) is 0. The molecule has 2 heterocycles. The first kappa shape index (κ1) is 21.1. The van der Waals surface area contributed by atoms with Crippen LogP contribution in [0.5, 0.6) is 0 Å². The van der Waals surface area contributed by atoms with E-state index >= 15 is 0 Å². The highest BCUT2D eigenvalue weighted by Gasteiger charge is 2.38. The van der Waals surface area contributed by atoms with Gasteiger partial charge in [-0.25, -0.2) is 0 Å². The lowest BCUT2D eigenvalue weighted by atomic mass is 9.97. The highest BCUT2D eigenvalue weighted by molar-refractivity contribution is 6.06. The lowest BCUT2D eigenvalue weighted by Crippen LogP contribution is -2.42. The number of rotatable bonds is 4. The fraction of sp³-hybridized carbons (Fsp3) is 0.400. The molecule has 2 aliphatic rings. The number of likely N-dealkylation sites (tertiary alicyclic amines) is 1. The SMILES string of the molecule is Cc1cccc(NC(=O)c2cccc(N3CC(C(=O)N4CCC(C)CC4)CC3=O)c2)c1. The van der Waals surface area contributed by atoms with Gasteiger partial charge in [0.25, 0.3) is 5.91 Å². The molecule has 0 spiro atoms. The molecule has 2 aliphatic heterocycles. The van der Waals surface area contributed by atoms with Crippen LogP contribution in [0.3, 0.4) is 0 Å². The number of anilines is 2. The minimum atomic E-state index is -0.314. The smallest absolute Gasteiger partial charge is 0.255 e. The number of nitrogens with one attached hydrogen (secondary N) is 1. The minimum Gasteiger partial charge on any atom is -0.342 e. The highest BCUT2D eigenvalue weighted by Crippen LogP contribution is 2.28. The second-order valence-electron chi connectivity index (χ2n) is 8.79. The molecule has 0 aromatic heterocycles. The Kier molecular flexibility index (Phi) is 6.07. The average Bonchev–Trinajstić information content (AvgIpc) is 3.15. The molecule has 0 radical (unpaired) electrons. The number of hydrogen-bond donors (Lipinski definition) is 1. The summed E-state index contributed by atoms with van der Waals surface area (Å²) in [6.45, 7) is 6.10. The predicted molar refractivity (Wildman–Crippen MR) is 121 cm³/mol. The molecule has 2 fully saturated rings. The summed E-state index contributed by atoms with van der Waals surface area (Å²) in [5.41, 5.74) is 2.93. The molecular weight excluding hydrogens is 390 g/mol.